The molecule has 0 unspecified atom stereocenters. The Bertz CT molecular complexity index is 904. The SMILES string of the molecule is CCS(=O)(=O)CCc1ccc2[nH]cc(C[C@H]3CCCN3CCC(N)=O)c2c1. The molecule has 2 aromatic rings. The number of primary amides is 1. The first-order chi connectivity index (χ1) is 12.9. The molecule has 1 aliphatic rings. The summed E-state index contributed by atoms with van der Waals surface area (Å²) in [4.78, 5) is 16.8. The molecule has 1 amide bonds. The van der Waals surface area contributed by atoms with Crippen LogP contribution in [0.2, 0.25) is 0 Å². The molecular weight excluding hydrogens is 362 g/mol. The average molecular weight is 392 g/mol. The van der Waals surface area contributed by atoms with Gasteiger partial charge in [0.1, 0.15) is 9.84 Å². The second kappa shape index (κ2) is 8.44. The van der Waals surface area contributed by atoms with Gasteiger partial charge in [-0.3, -0.25) is 9.69 Å². The number of hydrogen-bond acceptors (Lipinski definition) is 4. The molecule has 2 heterocycles. The molecule has 1 aromatic heterocycles. The van der Waals surface area contributed by atoms with Crippen molar-refractivity contribution in [3.05, 3.63) is 35.5 Å². The summed E-state index contributed by atoms with van der Waals surface area (Å²) in [6.07, 6.45) is 6.20. The highest BCUT2D eigenvalue weighted by Crippen LogP contribution is 2.26. The van der Waals surface area contributed by atoms with E-state index in [4.69, 9.17) is 5.73 Å². The molecule has 1 atom stereocenters. The zero-order chi connectivity index (χ0) is 19.4. The van der Waals surface area contributed by atoms with Crippen molar-refractivity contribution in [1.29, 1.82) is 0 Å². The second-order valence-electron chi connectivity index (χ2n) is 7.43. The van der Waals surface area contributed by atoms with E-state index >= 15 is 0 Å². The van der Waals surface area contributed by atoms with Gasteiger partial charge in [0.2, 0.25) is 5.91 Å². The summed E-state index contributed by atoms with van der Waals surface area (Å²) >= 11 is 0. The highest BCUT2D eigenvalue weighted by atomic mass is 32.2. The van der Waals surface area contributed by atoms with Crippen LogP contribution >= 0.6 is 0 Å². The predicted octanol–water partition coefficient (Wildman–Crippen LogP) is 2.03. The average Bonchev–Trinajstić information content (AvgIpc) is 3.25. The monoisotopic (exact) mass is 391 g/mol. The van der Waals surface area contributed by atoms with Crippen molar-refractivity contribution < 1.29 is 13.2 Å². The van der Waals surface area contributed by atoms with Crippen molar-refractivity contribution in [2.24, 2.45) is 5.73 Å². The summed E-state index contributed by atoms with van der Waals surface area (Å²) in [5.74, 6) is 0.130. The molecule has 27 heavy (non-hydrogen) atoms. The smallest absolute Gasteiger partial charge is 0.218 e. The number of carbonyl (C=O) groups is 1. The van der Waals surface area contributed by atoms with Crippen LogP contribution in [0.4, 0.5) is 0 Å². The molecule has 0 saturated carbocycles. The van der Waals surface area contributed by atoms with Gasteiger partial charge < -0.3 is 10.7 Å². The minimum absolute atomic E-state index is 0.188. The number of aromatic nitrogens is 1. The number of likely N-dealkylation sites (tertiary alicyclic amines) is 1. The van der Waals surface area contributed by atoms with Crippen molar-refractivity contribution in [1.82, 2.24) is 9.88 Å². The Morgan fingerprint density at radius 2 is 2.19 bits per heavy atom. The van der Waals surface area contributed by atoms with E-state index in [1.165, 1.54) is 10.9 Å². The van der Waals surface area contributed by atoms with Crippen LogP contribution in [0.25, 0.3) is 10.9 Å². The summed E-state index contributed by atoms with van der Waals surface area (Å²) < 4.78 is 23.6. The van der Waals surface area contributed by atoms with Crippen LogP contribution in [0.1, 0.15) is 37.3 Å². The van der Waals surface area contributed by atoms with Gasteiger partial charge in [-0.15, -0.1) is 0 Å². The summed E-state index contributed by atoms with van der Waals surface area (Å²) in [5.41, 5.74) is 8.68. The molecule has 0 bridgehead atoms. The Balaban J connectivity index is 1.73. The van der Waals surface area contributed by atoms with Crippen molar-refractivity contribution in [3.63, 3.8) is 0 Å². The van der Waals surface area contributed by atoms with E-state index in [0.29, 0.717) is 18.9 Å². The first-order valence-corrected chi connectivity index (χ1v) is 11.5. The maximum atomic E-state index is 11.8. The number of aromatic amines is 1. The van der Waals surface area contributed by atoms with Crippen LogP contribution in [0.3, 0.4) is 0 Å². The van der Waals surface area contributed by atoms with Gasteiger partial charge in [0, 0.05) is 41.9 Å². The summed E-state index contributed by atoms with van der Waals surface area (Å²) in [6, 6.07) is 6.58. The predicted molar refractivity (Wildman–Crippen MR) is 108 cm³/mol. The van der Waals surface area contributed by atoms with Gasteiger partial charge in [-0.2, -0.15) is 0 Å². The third-order valence-corrected chi connectivity index (χ3v) is 7.28. The summed E-state index contributed by atoms with van der Waals surface area (Å²) in [5, 5.41) is 1.17. The maximum Gasteiger partial charge on any atom is 0.218 e. The third-order valence-electron chi connectivity index (χ3n) is 5.57. The van der Waals surface area contributed by atoms with Gasteiger partial charge in [-0.1, -0.05) is 13.0 Å². The zero-order valence-electron chi connectivity index (χ0n) is 15.9. The van der Waals surface area contributed by atoms with Gasteiger partial charge in [-0.05, 0) is 55.5 Å². The van der Waals surface area contributed by atoms with Gasteiger partial charge >= 0.3 is 0 Å². The van der Waals surface area contributed by atoms with Crippen molar-refractivity contribution in [2.45, 2.75) is 45.1 Å². The van der Waals surface area contributed by atoms with E-state index in [2.05, 4.69) is 22.1 Å². The van der Waals surface area contributed by atoms with Crippen molar-refractivity contribution in [2.75, 3.05) is 24.6 Å². The minimum Gasteiger partial charge on any atom is -0.370 e. The Morgan fingerprint density at radius 1 is 1.37 bits per heavy atom. The minimum atomic E-state index is -2.96. The molecular formula is C20H29N3O3S. The summed E-state index contributed by atoms with van der Waals surface area (Å²) in [7, 11) is -2.96. The van der Waals surface area contributed by atoms with E-state index < -0.39 is 9.84 Å². The number of nitrogens with one attached hydrogen (secondary N) is 1. The van der Waals surface area contributed by atoms with E-state index in [0.717, 1.165) is 43.4 Å². The molecule has 0 spiro atoms. The molecule has 1 aromatic carbocycles. The quantitative estimate of drug-likeness (QED) is 0.683. The van der Waals surface area contributed by atoms with Crippen LogP contribution in [-0.4, -0.2) is 54.8 Å². The normalized spacial score (nSPS) is 18.3. The number of nitrogens with two attached hydrogens (primary N) is 1. The Hall–Kier alpha value is -1.86. The van der Waals surface area contributed by atoms with Gasteiger partial charge in [0.05, 0.1) is 5.75 Å². The lowest BCUT2D eigenvalue weighted by atomic mass is 10.0. The lowest BCUT2D eigenvalue weighted by Crippen LogP contribution is -2.34. The Kier molecular flexibility index (Phi) is 6.22. The standard InChI is InChI=1S/C20H29N3O3S/c1-2-27(25,26)11-8-15-5-6-19-18(12-15)16(14-22-19)13-17-4-3-9-23(17)10-7-20(21)24/h5-6,12,14,17,22H,2-4,7-11,13H2,1H3,(H2,21,24)/t17-/m1/s1. The molecule has 6 nitrogen and oxygen atoms in total. The fraction of sp³-hybridized carbons (Fsp3) is 0.550. The molecule has 0 aliphatic carbocycles. The van der Waals surface area contributed by atoms with Crippen LogP contribution in [0.15, 0.2) is 24.4 Å². The number of fused-ring (bicyclic) bond motifs is 1. The van der Waals surface area contributed by atoms with E-state index in [1.807, 2.05) is 12.1 Å². The first-order valence-electron chi connectivity index (χ1n) is 9.69. The third kappa shape index (κ3) is 5.11. The topological polar surface area (TPSA) is 96.3 Å². The molecule has 0 radical (unpaired) electrons. The number of sulfone groups is 1. The van der Waals surface area contributed by atoms with E-state index in [-0.39, 0.29) is 17.4 Å². The molecule has 3 N–H and O–H groups in total. The van der Waals surface area contributed by atoms with E-state index in [1.54, 1.807) is 6.92 Å². The Labute approximate surface area is 161 Å². The number of aryl methyl sites for hydroxylation is 1. The molecule has 1 fully saturated rings. The van der Waals surface area contributed by atoms with Gasteiger partial charge in [0.25, 0.3) is 0 Å². The second-order valence-corrected chi connectivity index (χ2v) is 9.91. The van der Waals surface area contributed by atoms with Crippen molar-refractivity contribution >= 4 is 26.6 Å². The number of H-pyrrole nitrogens is 1. The molecule has 1 aliphatic heterocycles. The number of carbonyl (C=O) groups excluding carboxylic acids is 1. The maximum absolute atomic E-state index is 11.8. The van der Waals surface area contributed by atoms with Crippen LogP contribution in [0.5, 0.6) is 0 Å². The van der Waals surface area contributed by atoms with Crippen LogP contribution in [-0.2, 0) is 27.5 Å². The first kappa shape index (κ1) is 19.9. The number of benzene rings is 1. The van der Waals surface area contributed by atoms with E-state index in [9.17, 15) is 13.2 Å². The fourth-order valence-corrected chi connectivity index (χ4v) is 4.73. The van der Waals surface area contributed by atoms with Crippen molar-refractivity contribution in [3.8, 4) is 0 Å². The summed E-state index contributed by atoms with van der Waals surface area (Å²) in [6.45, 7) is 3.43. The lowest BCUT2D eigenvalue weighted by Gasteiger charge is -2.23. The largest absolute Gasteiger partial charge is 0.370 e. The van der Waals surface area contributed by atoms with Gasteiger partial charge in [0.15, 0.2) is 0 Å². The fourth-order valence-electron chi connectivity index (χ4n) is 3.90. The molecule has 1 saturated heterocycles. The number of nitrogens with zero attached hydrogens (tertiary/aromatic N) is 1. The number of hydrogen-bond donors (Lipinski definition) is 2. The Morgan fingerprint density at radius 3 is 2.93 bits per heavy atom. The van der Waals surface area contributed by atoms with Crippen LogP contribution < -0.4 is 5.73 Å². The highest BCUT2D eigenvalue weighted by molar-refractivity contribution is 7.91. The lowest BCUT2D eigenvalue weighted by molar-refractivity contribution is -0.118. The van der Waals surface area contributed by atoms with Gasteiger partial charge in [-0.25, -0.2) is 8.42 Å². The molecule has 7 heteroatoms. The number of amides is 1. The highest BCUT2D eigenvalue weighted by Gasteiger charge is 2.25. The molecule has 148 valence electrons. The zero-order valence-corrected chi connectivity index (χ0v) is 16.7. The van der Waals surface area contributed by atoms with Crippen LogP contribution in [0, 0.1) is 0 Å². The number of rotatable bonds is 9. The molecule has 3 rings (SSSR count).